The lowest BCUT2D eigenvalue weighted by molar-refractivity contribution is -0.135. The van der Waals surface area contributed by atoms with Crippen LogP contribution >= 0.6 is 23.2 Å². The van der Waals surface area contributed by atoms with Crippen LogP contribution in [0.1, 0.15) is 10.4 Å². The Balaban J connectivity index is 1.54. The van der Waals surface area contributed by atoms with Crippen LogP contribution in [0.15, 0.2) is 47.4 Å². The number of phenols is 1. The van der Waals surface area contributed by atoms with Gasteiger partial charge in [-0.25, -0.2) is 13.2 Å². The molecule has 2 aromatic carbocycles. The van der Waals surface area contributed by atoms with E-state index in [9.17, 15) is 23.1 Å². The fourth-order valence-electron chi connectivity index (χ4n) is 2.90. The zero-order valence-corrected chi connectivity index (χ0v) is 18.0. The lowest BCUT2D eigenvalue weighted by Gasteiger charge is -2.33. The molecular weight excluding hydrogens is 455 g/mol. The van der Waals surface area contributed by atoms with E-state index in [0.717, 1.165) is 0 Å². The van der Waals surface area contributed by atoms with Gasteiger partial charge in [-0.3, -0.25) is 4.79 Å². The maximum absolute atomic E-state index is 12.7. The highest BCUT2D eigenvalue weighted by Gasteiger charge is 2.30. The van der Waals surface area contributed by atoms with Crippen molar-refractivity contribution in [1.82, 2.24) is 9.21 Å². The van der Waals surface area contributed by atoms with E-state index in [-0.39, 0.29) is 47.4 Å². The topological polar surface area (TPSA) is 104 Å². The minimum Gasteiger partial charge on any atom is -0.507 e. The Morgan fingerprint density at radius 1 is 0.967 bits per heavy atom. The zero-order chi connectivity index (χ0) is 21.9. The van der Waals surface area contributed by atoms with Gasteiger partial charge in [0, 0.05) is 36.2 Å². The number of nitrogens with zero attached hydrogens (tertiary/aromatic N) is 2. The lowest BCUT2D eigenvalue weighted by atomic mass is 10.2. The smallest absolute Gasteiger partial charge is 0.342 e. The molecule has 1 aliphatic heterocycles. The summed E-state index contributed by atoms with van der Waals surface area (Å²) in [4.78, 5) is 25.9. The summed E-state index contributed by atoms with van der Waals surface area (Å²) in [5.41, 5.74) is -0.144. The van der Waals surface area contributed by atoms with Crippen LogP contribution < -0.4 is 0 Å². The van der Waals surface area contributed by atoms with E-state index < -0.39 is 28.5 Å². The summed E-state index contributed by atoms with van der Waals surface area (Å²) in [6.45, 7) is 0.00537. The first-order valence-electron chi connectivity index (χ1n) is 8.87. The maximum Gasteiger partial charge on any atom is 0.342 e. The molecule has 8 nitrogen and oxygen atoms in total. The summed E-state index contributed by atoms with van der Waals surface area (Å²) in [7, 11) is -3.69. The molecular formula is C19H18Cl2N2O6S. The van der Waals surface area contributed by atoms with E-state index in [1.54, 1.807) is 0 Å². The number of carbonyl (C=O) groups excluding carboxylic acids is 2. The third-order valence-corrected chi connectivity index (χ3v) is 6.95. The predicted octanol–water partition coefficient (Wildman–Crippen LogP) is 2.39. The average Bonchev–Trinajstić information content (AvgIpc) is 2.74. The number of rotatable bonds is 5. The van der Waals surface area contributed by atoms with Crippen LogP contribution in [0.4, 0.5) is 0 Å². The van der Waals surface area contributed by atoms with Gasteiger partial charge in [-0.1, -0.05) is 23.2 Å². The number of sulfonamides is 1. The highest BCUT2D eigenvalue weighted by molar-refractivity contribution is 7.89. The second-order valence-corrected chi connectivity index (χ2v) is 9.29. The van der Waals surface area contributed by atoms with Crippen molar-refractivity contribution in [3.05, 3.63) is 58.1 Å². The highest BCUT2D eigenvalue weighted by Crippen LogP contribution is 2.23. The molecule has 0 atom stereocenters. The van der Waals surface area contributed by atoms with Crippen LogP contribution in [0.5, 0.6) is 5.75 Å². The molecule has 0 spiro atoms. The third kappa shape index (κ3) is 5.04. The first-order chi connectivity index (χ1) is 14.2. The lowest BCUT2D eigenvalue weighted by Crippen LogP contribution is -2.51. The van der Waals surface area contributed by atoms with E-state index >= 15 is 0 Å². The zero-order valence-electron chi connectivity index (χ0n) is 15.6. The molecule has 0 aromatic heterocycles. The number of halogens is 2. The van der Waals surface area contributed by atoms with Crippen molar-refractivity contribution in [2.75, 3.05) is 32.8 Å². The summed E-state index contributed by atoms with van der Waals surface area (Å²) in [5, 5.41) is 10.4. The average molecular weight is 473 g/mol. The Kier molecular flexibility index (Phi) is 6.87. The van der Waals surface area contributed by atoms with Crippen molar-refractivity contribution in [3.63, 3.8) is 0 Å². The summed E-state index contributed by atoms with van der Waals surface area (Å²) in [5.74, 6) is -1.65. The van der Waals surface area contributed by atoms with Crippen LogP contribution in [-0.2, 0) is 19.6 Å². The first-order valence-corrected chi connectivity index (χ1v) is 11.1. The number of aromatic hydroxyl groups is 1. The number of esters is 1. The van der Waals surface area contributed by atoms with Gasteiger partial charge in [0.1, 0.15) is 11.3 Å². The van der Waals surface area contributed by atoms with Crippen LogP contribution in [0.25, 0.3) is 0 Å². The number of piperazine rings is 1. The number of carbonyl (C=O) groups is 2. The maximum atomic E-state index is 12.7. The SMILES string of the molecule is O=C(OCC(=O)N1CCN(S(=O)(=O)c2ccc(Cl)cc2)CC1)c1cc(Cl)ccc1O. The summed E-state index contributed by atoms with van der Waals surface area (Å²) < 4.78 is 31.6. The molecule has 11 heteroatoms. The van der Waals surface area contributed by atoms with Gasteiger partial charge in [0.05, 0.1) is 4.90 Å². The minimum atomic E-state index is -3.69. The van der Waals surface area contributed by atoms with E-state index in [1.807, 2.05) is 0 Å². The van der Waals surface area contributed by atoms with E-state index in [4.69, 9.17) is 27.9 Å². The molecule has 0 bridgehead atoms. The number of amides is 1. The van der Waals surface area contributed by atoms with Crippen LogP contribution in [0, 0.1) is 0 Å². The molecule has 1 saturated heterocycles. The second kappa shape index (κ2) is 9.22. The van der Waals surface area contributed by atoms with Crippen molar-refractivity contribution >= 4 is 45.1 Å². The first kappa shape index (κ1) is 22.4. The van der Waals surface area contributed by atoms with Gasteiger partial charge in [0.25, 0.3) is 5.91 Å². The summed E-state index contributed by atoms with van der Waals surface area (Å²) in [6.07, 6.45) is 0. The molecule has 1 fully saturated rings. The molecule has 1 N–H and O–H groups in total. The molecule has 1 aliphatic rings. The van der Waals surface area contributed by atoms with Crippen molar-refractivity contribution in [2.45, 2.75) is 4.90 Å². The largest absolute Gasteiger partial charge is 0.507 e. The fourth-order valence-corrected chi connectivity index (χ4v) is 4.62. The minimum absolute atomic E-state index is 0.111. The van der Waals surface area contributed by atoms with E-state index in [0.29, 0.717) is 5.02 Å². The standard InChI is InChI=1S/C19H18Cl2N2O6S/c20-13-1-4-15(5-2-13)30(27,28)23-9-7-22(8-10-23)18(25)12-29-19(26)16-11-14(21)3-6-17(16)24/h1-6,11,24H,7-10,12H2. The fraction of sp³-hybridized carbons (Fsp3) is 0.263. The summed E-state index contributed by atoms with van der Waals surface area (Å²) in [6, 6.07) is 9.77. The number of ether oxygens (including phenoxy) is 1. The van der Waals surface area contributed by atoms with Crippen molar-refractivity contribution in [3.8, 4) is 5.75 Å². The van der Waals surface area contributed by atoms with Gasteiger partial charge in [0.15, 0.2) is 6.61 Å². The molecule has 1 amide bonds. The third-order valence-electron chi connectivity index (χ3n) is 4.55. The van der Waals surface area contributed by atoms with Gasteiger partial charge in [-0.05, 0) is 42.5 Å². The van der Waals surface area contributed by atoms with Crippen LogP contribution in [-0.4, -0.2) is 67.4 Å². The van der Waals surface area contributed by atoms with Crippen molar-refractivity contribution in [1.29, 1.82) is 0 Å². The molecule has 0 radical (unpaired) electrons. The normalized spacial score (nSPS) is 15.1. The van der Waals surface area contributed by atoms with Crippen molar-refractivity contribution < 1.29 is 27.9 Å². The molecule has 0 aliphatic carbocycles. The Labute approximate surface area is 183 Å². The van der Waals surface area contributed by atoms with Gasteiger partial charge in [-0.15, -0.1) is 0 Å². The molecule has 3 rings (SSSR count). The van der Waals surface area contributed by atoms with Gasteiger partial charge in [-0.2, -0.15) is 4.31 Å². The van der Waals surface area contributed by atoms with E-state index in [1.165, 1.54) is 51.7 Å². The molecule has 30 heavy (non-hydrogen) atoms. The molecule has 2 aromatic rings. The Morgan fingerprint density at radius 2 is 1.57 bits per heavy atom. The molecule has 160 valence electrons. The Bertz CT molecular complexity index is 1050. The van der Waals surface area contributed by atoms with Gasteiger partial charge < -0.3 is 14.7 Å². The monoisotopic (exact) mass is 472 g/mol. The second-order valence-electron chi connectivity index (χ2n) is 6.48. The van der Waals surface area contributed by atoms with Gasteiger partial charge in [0.2, 0.25) is 10.0 Å². The molecule has 0 unspecified atom stereocenters. The van der Waals surface area contributed by atoms with E-state index in [2.05, 4.69) is 0 Å². The van der Waals surface area contributed by atoms with Crippen LogP contribution in [0.2, 0.25) is 10.0 Å². The summed E-state index contributed by atoms with van der Waals surface area (Å²) >= 11 is 11.6. The molecule has 0 saturated carbocycles. The number of benzene rings is 2. The number of hydrogen-bond donors (Lipinski definition) is 1. The quantitative estimate of drug-likeness (QED) is 0.669. The predicted molar refractivity (Wildman–Crippen MR) is 110 cm³/mol. The van der Waals surface area contributed by atoms with Gasteiger partial charge >= 0.3 is 5.97 Å². The Hall–Kier alpha value is -2.33. The highest BCUT2D eigenvalue weighted by atomic mass is 35.5. The number of hydrogen-bond acceptors (Lipinski definition) is 6. The van der Waals surface area contributed by atoms with Crippen molar-refractivity contribution in [2.24, 2.45) is 0 Å². The molecule has 1 heterocycles. The van der Waals surface area contributed by atoms with Crippen LogP contribution in [0.3, 0.4) is 0 Å². The Morgan fingerprint density at radius 3 is 2.20 bits per heavy atom. The number of phenolic OH excluding ortho intramolecular Hbond substituents is 1.